The SMILES string of the molecule is CC[N+](C)([O-])CC(Cl)Cl. The van der Waals surface area contributed by atoms with Gasteiger partial charge in [-0.15, -0.1) is 0 Å². The number of rotatable bonds is 3. The number of halogens is 2. The average Bonchev–Trinajstić information content (AvgIpc) is 1.63. The summed E-state index contributed by atoms with van der Waals surface area (Å²) in [5.41, 5.74) is 0. The van der Waals surface area contributed by atoms with Crippen LogP contribution < -0.4 is 0 Å². The van der Waals surface area contributed by atoms with Crippen LogP contribution in [-0.2, 0) is 0 Å². The fraction of sp³-hybridized carbons (Fsp3) is 1.00. The van der Waals surface area contributed by atoms with Crippen molar-refractivity contribution < 1.29 is 4.65 Å². The molecule has 0 aromatic rings. The Balaban J connectivity index is 3.58. The van der Waals surface area contributed by atoms with Crippen LogP contribution in [0.25, 0.3) is 0 Å². The van der Waals surface area contributed by atoms with Crippen molar-refractivity contribution in [2.75, 3.05) is 20.1 Å². The first-order valence-electron chi connectivity index (χ1n) is 2.81. The fourth-order valence-electron chi connectivity index (χ4n) is 0.421. The zero-order valence-electron chi connectivity index (χ0n) is 5.60. The quantitative estimate of drug-likeness (QED) is 0.361. The lowest BCUT2D eigenvalue weighted by Gasteiger charge is -2.37. The summed E-state index contributed by atoms with van der Waals surface area (Å²) in [7, 11) is 1.55. The Labute approximate surface area is 65.5 Å². The van der Waals surface area contributed by atoms with E-state index in [1.807, 2.05) is 6.92 Å². The molecule has 0 aliphatic rings. The zero-order valence-corrected chi connectivity index (χ0v) is 7.11. The van der Waals surface area contributed by atoms with Crippen LogP contribution in [-0.4, -0.2) is 29.6 Å². The number of alkyl halides is 2. The molecule has 1 atom stereocenters. The molecule has 56 valence electrons. The minimum absolute atomic E-state index is 0.264. The Kier molecular flexibility index (Phi) is 3.82. The molecule has 0 aliphatic carbocycles. The highest BCUT2D eigenvalue weighted by Crippen LogP contribution is 2.08. The van der Waals surface area contributed by atoms with Gasteiger partial charge in [-0.1, -0.05) is 23.2 Å². The molecule has 0 fully saturated rings. The molecule has 4 heteroatoms. The van der Waals surface area contributed by atoms with Crippen molar-refractivity contribution in [3.8, 4) is 0 Å². The normalized spacial score (nSPS) is 18.0. The summed E-state index contributed by atoms with van der Waals surface area (Å²) >= 11 is 10.8. The smallest absolute Gasteiger partial charge is 0.156 e. The first-order valence-corrected chi connectivity index (χ1v) is 3.69. The Bertz CT molecular complexity index is 85.0. The zero-order chi connectivity index (χ0) is 7.49. The van der Waals surface area contributed by atoms with Crippen molar-refractivity contribution in [1.82, 2.24) is 0 Å². The molecular weight excluding hydrogens is 161 g/mol. The average molecular weight is 172 g/mol. The molecule has 0 heterocycles. The monoisotopic (exact) mass is 171 g/mol. The van der Waals surface area contributed by atoms with Crippen LogP contribution in [0, 0.1) is 5.21 Å². The summed E-state index contributed by atoms with van der Waals surface area (Å²) in [5.74, 6) is 0. The number of quaternary nitrogens is 1. The van der Waals surface area contributed by atoms with Gasteiger partial charge in [-0.2, -0.15) is 0 Å². The highest BCUT2D eigenvalue weighted by atomic mass is 35.5. The van der Waals surface area contributed by atoms with Crippen LogP contribution in [0.15, 0.2) is 0 Å². The van der Waals surface area contributed by atoms with Gasteiger partial charge >= 0.3 is 0 Å². The summed E-state index contributed by atoms with van der Waals surface area (Å²) in [4.78, 5) is -0.549. The lowest BCUT2D eigenvalue weighted by molar-refractivity contribution is -0.857. The molecule has 0 rings (SSSR count). The first-order chi connectivity index (χ1) is 3.98. The number of hydrogen-bond acceptors (Lipinski definition) is 1. The Hall–Kier alpha value is 0.500. The number of nitrogens with zero attached hydrogens (tertiary/aromatic N) is 1. The summed E-state index contributed by atoms with van der Waals surface area (Å²) < 4.78 is -0.363. The van der Waals surface area contributed by atoms with Gasteiger partial charge in [-0.3, -0.25) is 0 Å². The topological polar surface area (TPSA) is 23.1 Å². The van der Waals surface area contributed by atoms with Crippen LogP contribution in [0.1, 0.15) is 6.92 Å². The van der Waals surface area contributed by atoms with Gasteiger partial charge in [-0.25, -0.2) is 0 Å². The molecule has 0 aromatic carbocycles. The second kappa shape index (κ2) is 3.62. The van der Waals surface area contributed by atoms with E-state index in [4.69, 9.17) is 23.2 Å². The Morgan fingerprint density at radius 3 is 2.11 bits per heavy atom. The Morgan fingerprint density at radius 2 is 2.00 bits per heavy atom. The highest BCUT2D eigenvalue weighted by molar-refractivity contribution is 6.44. The molecule has 0 aromatic heterocycles. The van der Waals surface area contributed by atoms with Gasteiger partial charge in [-0.05, 0) is 6.92 Å². The molecule has 0 aliphatic heterocycles. The summed E-state index contributed by atoms with van der Waals surface area (Å²) in [5, 5.41) is 11.1. The van der Waals surface area contributed by atoms with E-state index >= 15 is 0 Å². The van der Waals surface area contributed by atoms with Crippen LogP contribution in [0.3, 0.4) is 0 Å². The number of hydrogen-bond donors (Lipinski definition) is 0. The maximum atomic E-state index is 11.1. The third-order valence-corrected chi connectivity index (χ3v) is 1.47. The van der Waals surface area contributed by atoms with Gasteiger partial charge in [0.2, 0.25) is 0 Å². The maximum absolute atomic E-state index is 11.1. The molecule has 0 saturated carbocycles. The molecule has 0 amide bonds. The van der Waals surface area contributed by atoms with E-state index in [-0.39, 0.29) is 11.2 Å². The summed E-state index contributed by atoms with van der Waals surface area (Å²) in [6.07, 6.45) is 0. The molecular formula is C5H11Cl2NO. The predicted molar refractivity (Wildman–Crippen MR) is 40.5 cm³/mol. The van der Waals surface area contributed by atoms with Crippen molar-refractivity contribution >= 4 is 23.2 Å². The number of hydroxylamine groups is 3. The van der Waals surface area contributed by atoms with Crippen molar-refractivity contribution in [2.45, 2.75) is 11.8 Å². The molecule has 0 saturated heterocycles. The third-order valence-electron chi connectivity index (χ3n) is 1.19. The van der Waals surface area contributed by atoms with E-state index in [2.05, 4.69) is 0 Å². The van der Waals surface area contributed by atoms with Gasteiger partial charge < -0.3 is 9.85 Å². The fourth-order valence-corrected chi connectivity index (χ4v) is 1.00. The summed E-state index contributed by atoms with van der Waals surface area (Å²) in [6, 6.07) is 0. The molecule has 0 radical (unpaired) electrons. The van der Waals surface area contributed by atoms with E-state index in [1.54, 1.807) is 7.05 Å². The molecule has 2 nitrogen and oxygen atoms in total. The van der Waals surface area contributed by atoms with Crippen molar-refractivity contribution in [2.24, 2.45) is 0 Å². The van der Waals surface area contributed by atoms with Gasteiger partial charge in [0.15, 0.2) is 4.84 Å². The van der Waals surface area contributed by atoms with Gasteiger partial charge in [0.25, 0.3) is 0 Å². The van der Waals surface area contributed by atoms with Crippen molar-refractivity contribution in [3.05, 3.63) is 5.21 Å². The van der Waals surface area contributed by atoms with Crippen LogP contribution >= 0.6 is 23.2 Å². The molecule has 9 heavy (non-hydrogen) atoms. The maximum Gasteiger partial charge on any atom is 0.156 e. The lowest BCUT2D eigenvalue weighted by Crippen LogP contribution is -2.40. The van der Waals surface area contributed by atoms with E-state index in [1.165, 1.54) is 0 Å². The van der Waals surface area contributed by atoms with Gasteiger partial charge in [0.1, 0.15) is 6.54 Å². The molecule has 0 bridgehead atoms. The minimum atomic E-state index is -0.549. The van der Waals surface area contributed by atoms with E-state index < -0.39 is 4.84 Å². The van der Waals surface area contributed by atoms with E-state index in [0.29, 0.717) is 6.54 Å². The Morgan fingerprint density at radius 1 is 1.56 bits per heavy atom. The predicted octanol–water partition coefficient (Wildman–Crippen LogP) is 1.75. The molecule has 0 N–H and O–H groups in total. The lowest BCUT2D eigenvalue weighted by atomic mass is 10.5. The third kappa shape index (κ3) is 4.97. The second-order valence-electron chi connectivity index (χ2n) is 2.19. The van der Waals surface area contributed by atoms with Crippen LogP contribution in [0.5, 0.6) is 0 Å². The highest BCUT2D eigenvalue weighted by Gasteiger charge is 2.11. The first kappa shape index (κ1) is 9.50. The summed E-state index contributed by atoms with van der Waals surface area (Å²) in [6.45, 7) is 2.58. The van der Waals surface area contributed by atoms with Crippen molar-refractivity contribution in [1.29, 1.82) is 0 Å². The standard InChI is InChI=1S/C5H11Cl2NO/c1-3-8(2,9)4-5(6)7/h5H,3-4H2,1-2H3. The van der Waals surface area contributed by atoms with Crippen molar-refractivity contribution in [3.63, 3.8) is 0 Å². The minimum Gasteiger partial charge on any atom is -0.633 e. The molecule has 0 spiro atoms. The second-order valence-corrected chi connectivity index (χ2v) is 3.46. The van der Waals surface area contributed by atoms with E-state index in [0.717, 1.165) is 0 Å². The van der Waals surface area contributed by atoms with Crippen LogP contribution in [0.2, 0.25) is 0 Å². The van der Waals surface area contributed by atoms with Gasteiger partial charge in [0, 0.05) is 0 Å². The van der Waals surface area contributed by atoms with E-state index in [9.17, 15) is 5.21 Å². The van der Waals surface area contributed by atoms with Gasteiger partial charge in [0.05, 0.1) is 13.6 Å². The molecule has 1 unspecified atom stereocenters. The van der Waals surface area contributed by atoms with Crippen LogP contribution in [0.4, 0.5) is 0 Å². The largest absolute Gasteiger partial charge is 0.633 e.